The van der Waals surface area contributed by atoms with E-state index < -0.39 is 23.9 Å². The van der Waals surface area contributed by atoms with E-state index in [2.05, 4.69) is 62.8 Å². The van der Waals surface area contributed by atoms with Gasteiger partial charge >= 0.3 is 28.4 Å². The predicted octanol–water partition coefficient (Wildman–Crippen LogP) is -2.89. The first-order valence-corrected chi connectivity index (χ1v) is 10.3. The molecule has 0 aromatic carbocycles. The van der Waals surface area contributed by atoms with Gasteiger partial charge < -0.3 is 51.3 Å². The molecule has 196 valence electrons. The van der Waals surface area contributed by atoms with Crippen molar-refractivity contribution in [1.82, 2.24) is 21.3 Å². The molecule has 1 fully saturated rings. The quantitative estimate of drug-likeness (QED) is 0.141. The Morgan fingerprint density at radius 2 is 0.970 bits per heavy atom. The van der Waals surface area contributed by atoms with Gasteiger partial charge in [-0.15, -0.1) is 0 Å². The van der Waals surface area contributed by atoms with Crippen LogP contribution in [0.25, 0.3) is 0 Å². The molecule has 1 rings (SSSR count). The van der Waals surface area contributed by atoms with Crippen LogP contribution in [0.15, 0.2) is 0 Å². The molecule has 0 saturated carbocycles. The van der Waals surface area contributed by atoms with E-state index in [1.54, 1.807) is 0 Å². The standard InChI is InChI=1S/C16H36N4.2C2H2O4.Ni/c1-13-11-15(3,4)19-10-8-18-14(2)12-16(5,6)20-9-7-17-13;2*3-1(4)2(5)6;/h13-14,17-20H,7-12H2,1-6H3;2*(H,3,4)(H,5,6);/q;;;+2/p-2/t13-,14-;;;/m1.../s1. The average molecular weight is 521 g/mol. The van der Waals surface area contributed by atoms with E-state index >= 15 is 0 Å². The van der Waals surface area contributed by atoms with Crippen LogP contribution in [0, 0.1) is 0 Å². The van der Waals surface area contributed by atoms with E-state index in [4.69, 9.17) is 39.6 Å². The molecular weight excluding hydrogens is 483 g/mol. The molecule has 33 heavy (non-hydrogen) atoms. The molecule has 0 radical (unpaired) electrons. The smallest absolute Gasteiger partial charge is 0.543 e. The summed E-state index contributed by atoms with van der Waals surface area (Å²) in [5.41, 5.74) is 0.377. The zero-order valence-corrected chi connectivity index (χ0v) is 21.0. The molecule has 1 aliphatic heterocycles. The van der Waals surface area contributed by atoms with Crippen molar-refractivity contribution in [1.29, 1.82) is 0 Å². The average Bonchev–Trinajstić information content (AvgIpc) is 2.62. The number of nitrogens with one attached hydrogen (secondary N) is 4. The Bertz CT molecular complexity index is 541. The number of carboxylic acid groups (broad SMARTS) is 4. The SMILES string of the molecule is C[C@@H]1CC(C)(C)NCCN[C@H](C)CC(C)(C)NCCN1.O=C(O)C(=O)O.O=C([O-])C(=O)[O-].[Ni+2]. The zero-order valence-electron chi connectivity index (χ0n) is 20.1. The maximum absolute atomic E-state index is 9.10. The first-order chi connectivity index (χ1) is 14.5. The Kier molecular flexibility index (Phi) is 19.2. The summed E-state index contributed by atoms with van der Waals surface area (Å²) in [5.74, 6) is -8.02. The summed E-state index contributed by atoms with van der Waals surface area (Å²) in [6.07, 6.45) is 2.29. The van der Waals surface area contributed by atoms with Crippen LogP contribution in [0.5, 0.6) is 0 Å². The molecule has 6 N–H and O–H groups in total. The second-order valence-electron chi connectivity index (χ2n) is 8.93. The van der Waals surface area contributed by atoms with Gasteiger partial charge in [0, 0.05) is 49.3 Å². The fraction of sp³-hybridized carbons (Fsp3) is 0.800. The van der Waals surface area contributed by atoms with E-state index in [0.717, 1.165) is 39.0 Å². The van der Waals surface area contributed by atoms with Crippen molar-refractivity contribution >= 4 is 23.9 Å². The first kappa shape index (κ1) is 35.8. The van der Waals surface area contributed by atoms with Gasteiger partial charge in [-0.3, -0.25) is 0 Å². The molecule has 0 aliphatic carbocycles. The number of carboxylic acids is 4. The van der Waals surface area contributed by atoms with Crippen molar-refractivity contribution in [3.05, 3.63) is 0 Å². The number of hydrogen-bond donors (Lipinski definition) is 6. The first-order valence-electron chi connectivity index (χ1n) is 10.3. The van der Waals surface area contributed by atoms with Crippen LogP contribution in [-0.2, 0) is 35.7 Å². The Hall–Kier alpha value is -1.79. The summed E-state index contributed by atoms with van der Waals surface area (Å²) >= 11 is 0. The summed E-state index contributed by atoms with van der Waals surface area (Å²) in [6, 6.07) is 1.08. The molecule has 1 aliphatic rings. The molecule has 0 aromatic heterocycles. The number of aliphatic carboxylic acids is 4. The minimum atomic E-state index is -2.19. The summed E-state index contributed by atoms with van der Waals surface area (Å²) in [4.78, 5) is 36.1. The largest absolute Gasteiger partial charge is 2.00 e. The second-order valence-corrected chi connectivity index (χ2v) is 8.93. The van der Waals surface area contributed by atoms with Crippen molar-refractivity contribution in [3.63, 3.8) is 0 Å². The summed E-state index contributed by atoms with van der Waals surface area (Å²) in [5, 5.41) is 47.2. The van der Waals surface area contributed by atoms with Gasteiger partial charge in [-0.2, -0.15) is 0 Å². The van der Waals surface area contributed by atoms with Crippen molar-refractivity contribution in [3.8, 4) is 0 Å². The zero-order chi connectivity index (χ0) is 25.5. The molecule has 12 nitrogen and oxygen atoms in total. The second kappa shape index (κ2) is 17.7. The van der Waals surface area contributed by atoms with Gasteiger partial charge in [0.05, 0.1) is 11.9 Å². The van der Waals surface area contributed by atoms with Crippen LogP contribution in [0.3, 0.4) is 0 Å². The normalized spacial score (nSPS) is 22.8. The van der Waals surface area contributed by atoms with Gasteiger partial charge in [0.1, 0.15) is 0 Å². The third kappa shape index (κ3) is 23.2. The molecule has 2 atom stereocenters. The fourth-order valence-corrected chi connectivity index (χ4v) is 3.26. The maximum Gasteiger partial charge on any atom is 2.00 e. The Balaban J connectivity index is -0.000000573. The summed E-state index contributed by atoms with van der Waals surface area (Å²) < 4.78 is 0. The molecule has 0 unspecified atom stereocenters. The topological polar surface area (TPSA) is 203 Å². The molecule has 0 bridgehead atoms. The Labute approximate surface area is 205 Å². The van der Waals surface area contributed by atoms with E-state index in [-0.39, 0.29) is 27.6 Å². The Morgan fingerprint density at radius 1 is 0.697 bits per heavy atom. The van der Waals surface area contributed by atoms with Crippen LogP contribution in [0.4, 0.5) is 0 Å². The van der Waals surface area contributed by atoms with Gasteiger partial charge in [-0.05, 0) is 54.4 Å². The number of carbonyl (C=O) groups excluding carboxylic acids is 2. The van der Waals surface area contributed by atoms with Crippen molar-refractivity contribution in [2.45, 2.75) is 77.5 Å². The summed E-state index contributed by atoms with van der Waals surface area (Å²) in [6.45, 7) is 17.8. The van der Waals surface area contributed by atoms with Crippen molar-refractivity contribution in [2.24, 2.45) is 0 Å². The monoisotopic (exact) mass is 520 g/mol. The summed E-state index contributed by atoms with van der Waals surface area (Å²) in [7, 11) is 0. The van der Waals surface area contributed by atoms with Gasteiger partial charge in [-0.25, -0.2) is 9.59 Å². The van der Waals surface area contributed by atoms with E-state index in [1.807, 2.05) is 0 Å². The minimum Gasteiger partial charge on any atom is -0.543 e. The number of carbonyl (C=O) groups is 4. The third-order valence-electron chi connectivity index (χ3n) is 4.43. The van der Waals surface area contributed by atoms with Gasteiger partial charge in [0.2, 0.25) is 0 Å². The van der Waals surface area contributed by atoms with Gasteiger partial charge in [0.15, 0.2) is 0 Å². The fourth-order valence-electron chi connectivity index (χ4n) is 3.26. The minimum absolute atomic E-state index is 0. The van der Waals surface area contributed by atoms with Gasteiger partial charge in [0.25, 0.3) is 0 Å². The van der Waals surface area contributed by atoms with Crippen molar-refractivity contribution < 1.29 is 56.1 Å². The molecule has 0 amide bonds. The van der Waals surface area contributed by atoms with Crippen LogP contribution < -0.4 is 31.5 Å². The van der Waals surface area contributed by atoms with Crippen molar-refractivity contribution in [2.75, 3.05) is 26.2 Å². The van der Waals surface area contributed by atoms with Crippen LogP contribution in [0.1, 0.15) is 54.4 Å². The molecule has 1 saturated heterocycles. The Morgan fingerprint density at radius 3 is 1.18 bits per heavy atom. The number of hydrogen-bond acceptors (Lipinski definition) is 10. The predicted molar refractivity (Wildman–Crippen MR) is 114 cm³/mol. The molecule has 0 spiro atoms. The van der Waals surface area contributed by atoms with E-state index in [1.165, 1.54) is 0 Å². The third-order valence-corrected chi connectivity index (χ3v) is 4.43. The van der Waals surface area contributed by atoms with E-state index in [9.17, 15) is 0 Å². The van der Waals surface area contributed by atoms with Gasteiger partial charge in [-0.1, -0.05) is 0 Å². The molecule has 0 aromatic rings. The molecule has 1 heterocycles. The number of rotatable bonds is 0. The van der Waals surface area contributed by atoms with Crippen LogP contribution >= 0.6 is 0 Å². The molecular formula is C20H38N4NiO8. The van der Waals surface area contributed by atoms with Crippen LogP contribution in [-0.4, -0.2) is 83.4 Å². The molecule has 13 heteroatoms. The van der Waals surface area contributed by atoms with E-state index in [0.29, 0.717) is 12.1 Å². The maximum atomic E-state index is 9.10. The van der Waals surface area contributed by atoms with Crippen LogP contribution in [0.2, 0.25) is 0 Å².